The largest absolute Gasteiger partial charge is 0.444 e. The van der Waals surface area contributed by atoms with Crippen molar-refractivity contribution in [2.75, 3.05) is 0 Å². The van der Waals surface area contributed by atoms with E-state index in [0.717, 1.165) is 21.0 Å². The number of benzene rings is 2. The number of rotatable bonds is 11. The minimum Gasteiger partial charge on any atom is -0.444 e. The molecule has 0 aliphatic carbocycles. The molecule has 1 aromatic heterocycles. The Labute approximate surface area is 199 Å². The minimum atomic E-state index is -0.769. The highest BCUT2D eigenvalue weighted by atomic mass is 32.1. The van der Waals surface area contributed by atoms with Crippen molar-refractivity contribution >= 4 is 17.4 Å². The Bertz CT molecular complexity index is 979. The van der Waals surface area contributed by atoms with Gasteiger partial charge in [-0.15, -0.1) is 11.3 Å². The monoisotopic (exact) mass is 467 g/mol. The van der Waals surface area contributed by atoms with Gasteiger partial charge in [-0.1, -0.05) is 74.5 Å². The van der Waals surface area contributed by atoms with Crippen molar-refractivity contribution in [3.05, 3.63) is 87.9 Å². The summed E-state index contributed by atoms with van der Waals surface area (Å²) in [4.78, 5) is 17.8. The molecular weight excluding hydrogens is 434 g/mol. The van der Waals surface area contributed by atoms with Gasteiger partial charge in [0, 0.05) is 24.2 Å². The Hall–Kier alpha value is -2.74. The average Bonchev–Trinajstić information content (AvgIpc) is 3.28. The molecule has 0 fully saturated rings. The van der Waals surface area contributed by atoms with Crippen LogP contribution in [0, 0.1) is 0 Å². The molecule has 1 heterocycles. The number of hydrogen-bond acceptors (Lipinski definition) is 6. The van der Waals surface area contributed by atoms with Gasteiger partial charge in [0.1, 0.15) is 6.61 Å². The van der Waals surface area contributed by atoms with Gasteiger partial charge in [-0.25, -0.2) is 9.78 Å². The van der Waals surface area contributed by atoms with Crippen molar-refractivity contribution in [1.29, 1.82) is 0 Å². The van der Waals surface area contributed by atoms with Crippen molar-refractivity contribution in [3.8, 4) is 0 Å². The van der Waals surface area contributed by atoms with E-state index in [2.05, 4.69) is 24.1 Å². The van der Waals surface area contributed by atoms with Gasteiger partial charge in [0.25, 0.3) is 0 Å². The molecule has 3 rings (SSSR count). The molecule has 0 unspecified atom stereocenters. The zero-order valence-electron chi connectivity index (χ0n) is 19.2. The Kier molecular flexibility index (Phi) is 9.42. The van der Waals surface area contributed by atoms with Crippen molar-refractivity contribution < 1.29 is 14.6 Å². The van der Waals surface area contributed by atoms with Crippen molar-refractivity contribution in [3.63, 3.8) is 0 Å². The lowest BCUT2D eigenvalue weighted by Gasteiger charge is -2.25. The lowest BCUT2D eigenvalue weighted by atomic mass is 9.94. The summed E-state index contributed by atoms with van der Waals surface area (Å²) in [6.07, 6.45) is 1.93. The second-order valence-corrected chi connectivity index (χ2v) is 9.73. The van der Waals surface area contributed by atoms with Crippen LogP contribution in [0.15, 0.2) is 66.9 Å². The molecule has 0 aliphatic rings. The van der Waals surface area contributed by atoms with E-state index in [4.69, 9.17) is 10.5 Å². The number of amides is 1. The number of hydrogen-bond donors (Lipinski definition) is 3. The molecule has 3 atom stereocenters. The van der Waals surface area contributed by atoms with E-state index < -0.39 is 18.2 Å². The fourth-order valence-corrected chi connectivity index (χ4v) is 4.41. The number of aliphatic hydroxyl groups excluding tert-OH is 1. The van der Waals surface area contributed by atoms with Crippen molar-refractivity contribution in [2.24, 2.45) is 5.73 Å². The number of nitrogens with two attached hydrogens (primary N) is 1. The molecule has 2 aromatic carbocycles. The summed E-state index contributed by atoms with van der Waals surface area (Å²) < 4.78 is 5.43. The molecule has 176 valence electrons. The Morgan fingerprint density at radius 1 is 1.06 bits per heavy atom. The van der Waals surface area contributed by atoms with Gasteiger partial charge in [-0.2, -0.15) is 0 Å². The molecule has 4 N–H and O–H groups in total. The molecule has 0 spiro atoms. The fraction of sp³-hybridized carbons (Fsp3) is 0.385. The van der Waals surface area contributed by atoms with Crippen LogP contribution in [0.4, 0.5) is 4.79 Å². The Balaban J connectivity index is 1.58. The predicted octanol–water partition coefficient (Wildman–Crippen LogP) is 4.43. The van der Waals surface area contributed by atoms with E-state index in [1.54, 1.807) is 17.5 Å². The predicted molar refractivity (Wildman–Crippen MR) is 132 cm³/mol. The van der Waals surface area contributed by atoms with Crippen LogP contribution in [0.5, 0.6) is 0 Å². The lowest BCUT2D eigenvalue weighted by Crippen LogP contribution is -2.44. The van der Waals surface area contributed by atoms with Crippen molar-refractivity contribution in [2.45, 2.75) is 63.8 Å². The number of aliphatic hydroxyl groups is 1. The number of carbonyl (C=O) groups excluding carboxylic acids is 1. The van der Waals surface area contributed by atoms with Crippen LogP contribution >= 0.6 is 11.3 Å². The quantitative estimate of drug-likeness (QED) is 0.388. The topological polar surface area (TPSA) is 97.5 Å². The van der Waals surface area contributed by atoms with Crippen LogP contribution in [-0.2, 0) is 24.2 Å². The smallest absolute Gasteiger partial charge is 0.407 e. The first kappa shape index (κ1) is 24.9. The molecule has 0 saturated carbocycles. The van der Waals surface area contributed by atoms with Crippen LogP contribution in [0.1, 0.15) is 47.2 Å². The van der Waals surface area contributed by atoms with Gasteiger partial charge in [0.2, 0.25) is 0 Å². The van der Waals surface area contributed by atoms with E-state index in [-0.39, 0.29) is 12.6 Å². The third-order valence-corrected chi connectivity index (χ3v) is 6.66. The number of ether oxygens (including phenoxy) is 1. The highest BCUT2D eigenvalue weighted by Gasteiger charge is 2.23. The molecule has 1 amide bonds. The van der Waals surface area contributed by atoms with E-state index >= 15 is 0 Å². The zero-order valence-corrected chi connectivity index (χ0v) is 20.0. The Morgan fingerprint density at radius 3 is 2.24 bits per heavy atom. The number of nitrogens with zero attached hydrogens (tertiary/aromatic N) is 1. The molecule has 0 saturated heterocycles. The van der Waals surface area contributed by atoms with Gasteiger partial charge in [0.05, 0.1) is 16.0 Å². The first-order valence-corrected chi connectivity index (χ1v) is 12.1. The first-order valence-electron chi connectivity index (χ1n) is 11.3. The molecular formula is C26H33N3O3S. The van der Waals surface area contributed by atoms with E-state index in [0.29, 0.717) is 25.2 Å². The molecule has 0 bridgehead atoms. The second-order valence-electron chi connectivity index (χ2n) is 8.58. The third-order valence-electron chi connectivity index (χ3n) is 5.39. The highest BCUT2D eigenvalue weighted by Crippen LogP contribution is 2.21. The van der Waals surface area contributed by atoms with Crippen molar-refractivity contribution in [1.82, 2.24) is 10.3 Å². The fourth-order valence-electron chi connectivity index (χ4n) is 3.58. The Morgan fingerprint density at radius 2 is 1.67 bits per heavy atom. The summed E-state index contributed by atoms with van der Waals surface area (Å²) in [6, 6.07) is 19.0. The minimum absolute atomic E-state index is 0.171. The van der Waals surface area contributed by atoms with Crippen LogP contribution in [0.3, 0.4) is 0 Å². The zero-order chi connectivity index (χ0) is 23.6. The summed E-state index contributed by atoms with van der Waals surface area (Å²) in [6.45, 7) is 4.33. The SMILES string of the molecule is CC(C)c1ncc(COC(=O)N[C@@H](Cc2ccccc2)C[C@H](O)[C@@H](N)Cc2ccccc2)s1. The number of thiazole rings is 1. The van der Waals surface area contributed by atoms with Crippen LogP contribution < -0.4 is 11.1 Å². The highest BCUT2D eigenvalue weighted by molar-refractivity contribution is 7.11. The maximum Gasteiger partial charge on any atom is 0.407 e. The second kappa shape index (κ2) is 12.5. The van der Waals surface area contributed by atoms with E-state index in [1.165, 1.54) is 0 Å². The van der Waals surface area contributed by atoms with E-state index in [1.807, 2.05) is 60.7 Å². The molecule has 3 aromatic rings. The van der Waals surface area contributed by atoms with Gasteiger partial charge >= 0.3 is 6.09 Å². The first-order chi connectivity index (χ1) is 15.9. The van der Waals surface area contributed by atoms with Crippen LogP contribution in [-0.4, -0.2) is 34.4 Å². The normalized spacial score (nSPS) is 14.0. The number of alkyl carbamates (subject to hydrolysis) is 1. The number of aromatic nitrogens is 1. The molecule has 0 radical (unpaired) electrons. The summed E-state index contributed by atoms with van der Waals surface area (Å²) in [5.74, 6) is 0.342. The molecule has 0 aliphatic heterocycles. The van der Waals surface area contributed by atoms with Gasteiger partial charge in [-0.3, -0.25) is 0 Å². The third kappa shape index (κ3) is 8.28. The molecule has 33 heavy (non-hydrogen) atoms. The van der Waals surface area contributed by atoms with Gasteiger partial charge in [0.15, 0.2) is 0 Å². The van der Waals surface area contributed by atoms with E-state index in [9.17, 15) is 9.90 Å². The standard InChI is InChI=1S/C26H33N3O3S/c1-18(2)25-28-16-22(33-25)17-32-26(31)29-21(13-19-9-5-3-6-10-19)15-24(30)23(27)14-20-11-7-4-8-12-20/h3-12,16,18,21,23-24,30H,13-15,17,27H2,1-2H3,(H,29,31)/t21-,23-,24-/m0/s1. The van der Waals surface area contributed by atoms with Crippen LogP contribution in [0.2, 0.25) is 0 Å². The summed E-state index contributed by atoms with van der Waals surface area (Å²) >= 11 is 1.55. The molecule has 6 nitrogen and oxygen atoms in total. The maximum absolute atomic E-state index is 12.5. The summed E-state index contributed by atoms with van der Waals surface area (Å²) in [7, 11) is 0. The number of carbonyl (C=O) groups is 1. The lowest BCUT2D eigenvalue weighted by molar-refractivity contribution is 0.110. The number of nitrogens with one attached hydrogen (secondary N) is 1. The summed E-state index contributed by atoms with van der Waals surface area (Å²) in [5.41, 5.74) is 8.42. The molecule has 7 heteroatoms. The maximum atomic E-state index is 12.5. The van der Waals surface area contributed by atoms with Gasteiger partial charge in [-0.05, 0) is 30.4 Å². The van der Waals surface area contributed by atoms with Gasteiger partial charge < -0.3 is 20.9 Å². The van der Waals surface area contributed by atoms with Crippen LogP contribution in [0.25, 0.3) is 0 Å². The summed E-state index contributed by atoms with van der Waals surface area (Å²) in [5, 5.41) is 14.7. The average molecular weight is 468 g/mol.